The molecule has 0 radical (unpaired) electrons. The maximum Gasteiger partial charge on any atom is 0.315 e. The van der Waals surface area contributed by atoms with Crippen LogP contribution in [0.1, 0.15) is 39.2 Å². The molecular formula is C28H38N4O2. The summed E-state index contributed by atoms with van der Waals surface area (Å²) >= 11 is 0. The van der Waals surface area contributed by atoms with Gasteiger partial charge in [0.25, 0.3) is 0 Å². The Morgan fingerprint density at radius 1 is 0.941 bits per heavy atom. The molecule has 1 unspecified atom stereocenters. The van der Waals surface area contributed by atoms with Gasteiger partial charge in [-0.25, -0.2) is 4.79 Å². The average Bonchev–Trinajstić information content (AvgIpc) is 2.84. The smallest absolute Gasteiger partial charge is 0.315 e. The van der Waals surface area contributed by atoms with Gasteiger partial charge in [-0.1, -0.05) is 36.4 Å². The summed E-state index contributed by atoms with van der Waals surface area (Å²) < 4.78 is 5.46. The van der Waals surface area contributed by atoms with Crippen LogP contribution in [-0.4, -0.2) is 62.4 Å². The number of anilines is 1. The van der Waals surface area contributed by atoms with E-state index in [0.29, 0.717) is 5.92 Å². The molecule has 0 saturated carbocycles. The summed E-state index contributed by atoms with van der Waals surface area (Å²) in [5, 5.41) is 6.54. The minimum atomic E-state index is -0.465. The molecule has 4 aliphatic rings. The number of carbonyl (C=O) groups excluding carboxylic acids is 1. The fraction of sp³-hybridized carbons (Fsp3) is 0.536. The van der Waals surface area contributed by atoms with Crippen molar-refractivity contribution in [1.82, 2.24) is 15.5 Å². The Labute approximate surface area is 203 Å². The minimum absolute atomic E-state index is 0.0796. The molecule has 4 saturated heterocycles. The molecule has 2 bridgehead atoms. The van der Waals surface area contributed by atoms with Crippen LogP contribution in [0.3, 0.4) is 0 Å². The third kappa shape index (κ3) is 4.80. The summed E-state index contributed by atoms with van der Waals surface area (Å²) in [6, 6.07) is 17.2. The SMILES string of the molecule is CC(C)(NC(=O)NC1(C)CN2CCC1CC2)c1ccc(-c2ccc(N3CCOCC3)cc2)cc1. The largest absolute Gasteiger partial charge is 0.378 e. The lowest BCUT2D eigenvalue weighted by atomic mass is 9.74. The summed E-state index contributed by atoms with van der Waals surface area (Å²) in [5.74, 6) is 0.570. The molecule has 182 valence electrons. The van der Waals surface area contributed by atoms with Crippen molar-refractivity contribution in [3.63, 3.8) is 0 Å². The Bertz CT molecular complexity index is 990. The standard InChI is InChI=1S/C28H38N4O2/c1-27(2,29-26(33)30-28(3)20-31-14-12-24(28)13-15-31)23-8-4-21(5-9-23)22-6-10-25(11-7-22)32-16-18-34-19-17-32/h4-11,24H,12-20H2,1-3H3,(H2,29,30,33). The average molecular weight is 463 g/mol. The Morgan fingerprint density at radius 3 is 2.09 bits per heavy atom. The second-order valence-electron chi connectivity index (χ2n) is 10.9. The number of carbonyl (C=O) groups is 1. The Balaban J connectivity index is 1.22. The highest BCUT2D eigenvalue weighted by molar-refractivity contribution is 5.76. The van der Waals surface area contributed by atoms with Gasteiger partial charge in [0.2, 0.25) is 0 Å². The van der Waals surface area contributed by atoms with Crippen molar-refractivity contribution in [3.05, 3.63) is 54.1 Å². The van der Waals surface area contributed by atoms with Gasteiger partial charge < -0.3 is 25.2 Å². The van der Waals surface area contributed by atoms with Crippen LogP contribution < -0.4 is 15.5 Å². The van der Waals surface area contributed by atoms with Crippen molar-refractivity contribution in [2.45, 2.75) is 44.7 Å². The molecule has 2 amide bonds. The van der Waals surface area contributed by atoms with Crippen molar-refractivity contribution in [2.75, 3.05) is 50.8 Å². The van der Waals surface area contributed by atoms with E-state index in [2.05, 4.69) is 89.7 Å². The third-order valence-electron chi connectivity index (χ3n) is 8.05. The molecule has 4 fully saturated rings. The van der Waals surface area contributed by atoms with Crippen LogP contribution in [0.4, 0.5) is 10.5 Å². The molecule has 6 rings (SSSR count). The molecule has 6 nitrogen and oxygen atoms in total. The predicted octanol–water partition coefficient (Wildman–Crippen LogP) is 4.21. The number of nitrogens with zero attached hydrogens (tertiary/aromatic N) is 2. The van der Waals surface area contributed by atoms with E-state index >= 15 is 0 Å². The number of nitrogens with one attached hydrogen (secondary N) is 2. The molecule has 2 N–H and O–H groups in total. The second-order valence-corrected chi connectivity index (χ2v) is 10.9. The Morgan fingerprint density at radius 2 is 1.53 bits per heavy atom. The van der Waals surface area contributed by atoms with E-state index < -0.39 is 5.54 Å². The highest BCUT2D eigenvalue weighted by Crippen LogP contribution is 2.35. The van der Waals surface area contributed by atoms with Gasteiger partial charge in [0.05, 0.1) is 24.3 Å². The maximum atomic E-state index is 13.0. The molecule has 4 aliphatic heterocycles. The second kappa shape index (κ2) is 9.23. The molecule has 1 atom stereocenters. The molecule has 4 heterocycles. The number of hydrogen-bond donors (Lipinski definition) is 2. The van der Waals surface area contributed by atoms with Crippen LogP contribution in [0.25, 0.3) is 11.1 Å². The molecule has 0 aliphatic carbocycles. The van der Waals surface area contributed by atoms with Crippen LogP contribution in [-0.2, 0) is 10.3 Å². The number of urea groups is 1. The number of benzene rings is 2. The van der Waals surface area contributed by atoms with Crippen molar-refractivity contribution in [3.8, 4) is 11.1 Å². The Kier molecular flexibility index (Phi) is 6.30. The summed E-state index contributed by atoms with van der Waals surface area (Å²) in [6.07, 6.45) is 2.35. The van der Waals surface area contributed by atoms with E-state index in [-0.39, 0.29) is 11.6 Å². The lowest BCUT2D eigenvalue weighted by Gasteiger charge is -2.52. The van der Waals surface area contributed by atoms with Gasteiger partial charge in [0.15, 0.2) is 0 Å². The summed E-state index contributed by atoms with van der Waals surface area (Å²) in [7, 11) is 0. The van der Waals surface area contributed by atoms with Gasteiger partial charge in [0.1, 0.15) is 0 Å². The van der Waals surface area contributed by atoms with Crippen LogP contribution in [0.15, 0.2) is 48.5 Å². The molecule has 2 aromatic rings. The fourth-order valence-electron chi connectivity index (χ4n) is 5.88. The highest BCUT2D eigenvalue weighted by Gasteiger charge is 2.44. The van der Waals surface area contributed by atoms with E-state index in [1.807, 2.05) is 0 Å². The Hall–Kier alpha value is -2.57. The number of ether oxygens (including phenoxy) is 1. The summed E-state index contributed by atoms with van der Waals surface area (Å²) in [6.45, 7) is 13.1. The summed E-state index contributed by atoms with van der Waals surface area (Å²) in [5.41, 5.74) is 4.10. The lowest BCUT2D eigenvalue weighted by Crippen LogP contribution is -2.67. The van der Waals surface area contributed by atoms with Gasteiger partial charge >= 0.3 is 6.03 Å². The first-order valence-electron chi connectivity index (χ1n) is 12.7. The normalized spacial score (nSPS) is 26.9. The lowest BCUT2D eigenvalue weighted by molar-refractivity contribution is 0.0224. The molecule has 0 aromatic heterocycles. The van der Waals surface area contributed by atoms with Gasteiger partial charge in [-0.15, -0.1) is 0 Å². The van der Waals surface area contributed by atoms with E-state index in [1.165, 1.54) is 29.7 Å². The fourth-order valence-corrected chi connectivity index (χ4v) is 5.88. The summed E-state index contributed by atoms with van der Waals surface area (Å²) in [4.78, 5) is 17.8. The van der Waals surface area contributed by atoms with Gasteiger partial charge in [-0.2, -0.15) is 0 Å². The van der Waals surface area contributed by atoms with Crippen molar-refractivity contribution in [1.29, 1.82) is 0 Å². The quantitative estimate of drug-likeness (QED) is 0.699. The van der Waals surface area contributed by atoms with Crippen LogP contribution in [0.2, 0.25) is 0 Å². The van der Waals surface area contributed by atoms with Crippen molar-refractivity contribution in [2.24, 2.45) is 5.92 Å². The number of amides is 2. The van der Waals surface area contributed by atoms with E-state index in [9.17, 15) is 4.79 Å². The third-order valence-corrected chi connectivity index (χ3v) is 8.05. The van der Waals surface area contributed by atoms with Crippen LogP contribution in [0, 0.1) is 5.92 Å². The number of hydrogen-bond acceptors (Lipinski definition) is 4. The van der Waals surface area contributed by atoms with Crippen LogP contribution >= 0.6 is 0 Å². The minimum Gasteiger partial charge on any atom is -0.378 e. The zero-order valence-corrected chi connectivity index (χ0v) is 20.8. The topological polar surface area (TPSA) is 56.8 Å². The van der Waals surface area contributed by atoms with Gasteiger partial charge in [0, 0.05) is 25.3 Å². The number of morpholine rings is 1. The first-order chi connectivity index (χ1) is 16.3. The van der Waals surface area contributed by atoms with E-state index in [0.717, 1.165) is 51.5 Å². The first-order valence-corrected chi connectivity index (χ1v) is 12.7. The van der Waals surface area contributed by atoms with E-state index in [1.54, 1.807) is 0 Å². The van der Waals surface area contributed by atoms with Crippen molar-refractivity contribution >= 4 is 11.7 Å². The zero-order chi connectivity index (χ0) is 23.8. The maximum absolute atomic E-state index is 13.0. The number of fused-ring (bicyclic) bond motifs is 3. The van der Waals surface area contributed by atoms with Crippen molar-refractivity contribution < 1.29 is 9.53 Å². The highest BCUT2D eigenvalue weighted by atomic mass is 16.5. The first kappa shape index (κ1) is 23.2. The number of rotatable bonds is 5. The van der Waals surface area contributed by atoms with Crippen LogP contribution in [0.5, 0.6) is 0 Å². The molecule has 2 aromatic carbocycles. The predicted molar refractivity (Wildman–Crippen MR) is 137 cm³/mol. The molecule has 6 heteroatoms. The number of piperidine rings is 3. The molecule has 0 spiro atoms. The van der Waals surface area contributed by atoms with Gasteiger partial charge in [-0.05, 0) is 81.4 Å². The van der Waals surface area contributed by atoms with Gasteiger partial charge in [-0.3, -0.25) is 0 Å². The molecule has 34 heavy (non-hydrogen) atoms. The monoisotopic (exact) mass is 462 g/mol. The molecular weight excluding hydrogens is 424 g/mol. The zero-order valence-electron chi connectivity index (χ0n) is 20.8. The van der Waals surface area contributed by atoms with E-state index in [4.69, 9.17) is 4.74 Å².